The van der Waals surface area contributed by atoms with Gasteiger partial charge >= 0.3 is 5.97 Å². The van der Waals surface area contributed by atoms with Gasteiger partial charge in [0.15, 0.2) is 6.61 Å². The molecule has 3 N–H and O–H groups in total. The number of nitrogens with two attached hydrogens (primary N) is 1. The van der Waals surface area contributed by atoms with Gasteiger partial charge in [0, 0.05) is 23.9 Å². The van der Waals surface area contributed by atoms with Gasteiger partial charge in [0.25, 0.3) is 11.6 Å². The van der Waals surface area contributed by atoms with Gasteiger partial charge in [-0.1, -0.05) is 0 Å². The van der Waals surface area contributed by atoms with Crippen LogP contribution in [0.4, 0.5) is 21.6 Å². The van der Waals surface area contributed by atoms with Crippen molar-refractivity contribution in [3.05, 3.63) is 75.7 Å². The predicted molar refractivity (Wildman–Crippen MR) is 105 cm³/mol. The first-order valence-corrected chi connectivity index (χ1v) is 8.58. The van der Waals surface area contributed by atoms with E-state index in [-0.39, 0.29) is 22.8 Å². The summed E-state index contributed by atoms with van der Waals surface area (Å²) in [7, 11) is 0. The molecule has 0 aliphatic carbocycles. The van der Waals surface area contributed by atoms with Gasteiger partial charge in [-0.3, -0.25) is 14.9 Å². The number of ether oxygens (including phenoxy) is 1. The lowest BCUT2D eigenvalue weighted by molar-refractivity contribution is -0.384. The number of aromatic nitrogens is 2. The molecular weight excluding hydrogens is 397 g/mol. The van der Waals surface area contributed by atoms with Crippen molar-refractivity contribution in [1.29, 1.82) is 0 Å². The Morgan fingerprint density at radius 2 is 1.93 bits per heavy atom. The molecule has 10 nitrogen and oxygen atoms in total. The largest absolute Gasteiger partial charge is 0.452 e. The van der Waals surface area contributed by atoms with Crippen LogP contribution in [0.3, 0.4) is 0 Å². The monoisotopic (exact) mass is 413 g/mol. The van der Waals surface area contributed by atoms with E-state index in [1.165, 1.54) is 35.0 Å². The molecule has 0 saturated heterocycles. The summed E-state index contributed by atoms with van der Waals surface area (Å²) >= 11 is 0. The number of rotatable bonds is 6. The Labute approximate surface area is 169 Å². The Morgan fingerprint density at radius 3 is 2.60 bits per heavy atom. The fraction of sp³-hybridized carbons (Fsp3) is 0.105. The molecule has 0 aliphatic heterocycles. The summed E-state index contributed by atoms with van der Waals surface area (Å²) < 4.78 is 19.4. The Kier molecular flexibility index (Phi) is 5.72. The second kappa shape index (κ2) is 8.39. The smallest absolute Gasteiger partial charge is 0.341 e. The number of nitro benzene ring substituents is 1. The molecule has 0 radical (unpaired) electrons. The maximum Gasteiger partial charge on any atom is 0.341 e. The molecule has 2 aromatic carbocycles. The molecule has 154 valence electrons. The van der Waals surface area contributed by atoms with Crippen molar-refractivity contribution in [2.75, 3.05) is 17.7 Å². The Bertz CT molecular complexity index is 1130. The van der Waals surface area contributed by atoms with Gasteiger partial charge in [-0.05, 0) is 37.3 Å². The standard InChI is InChI=1S/C19H16FN5O5/c1-11-8-17(24(23-11)13-4-2-12(20)3-5-13)22-18(26)10-30-19(27)15-9-14(25(28)29)6-7-16(15)21/h2-9H,10,21H2,1H3,(H,22,26). The molecule has 0 atom stereocenters. The van der Waals surface area contributed by atoms with Gasteiger partial charge < -0.3 is 15.8 Å². The van der Waals surface area contributed by atoms with Crippen LogP contribution in [-0.4, -0.2) is 33.2 Å². The molecule has 0 spiro atoms. The molecular formula is C19H16FN5O5. The number of halogens is 1. The first-order chi connectivity index (χ1) is 14.2. The molecule has 0 fully saturated rings. The van der Waals surface area contributed by atoms with Crippen LogP contribution in [-0.2, 0) is 9.53 Å². The highest BCUT2D eigenvalue weighted by Gasteiger charge is 2.18. The van der Waals surface area contributed by atoms with E-state index in [1.54, 1.807) is 13.0 Å². The lowest BCUT2D eigenvalue weighted by Gasteiger charge is -2.10. The lowest BCUT2D eigenvalue weighted by atomic mass is 10.1. The number of benzene rings is 2. The van der Waals surface area contributed by atoms with Gasteiger partial charge in [0.1, 0.15) is 11.6 Å². The number of hydrogen-bond donors (Lipinski definition) is 2. The molecule has 0 saturated carbocycles. The van der Waals surface area contributed by atoms with E-state index < -0.39 is 29.2 Å². The second-order valence-corrected chi connectivity index (χ2v) is 6.21. The number of carbonyl (C=O) groups is 2. The van der Waals surface area contributed by atoms with Gasteiger partial charge in [0.05, 0.1) is 21.9 Å². The van der Waals surface area contributed by atoms with Crippen LogP contribution in [0.2, 0.25) is 0 Å². The summed E-state index contributed by atoms with van der Waals surface area (Å²) in [5.74, 6) is -1.78. The van der Waals surface area contributed by atoms with Gasteiger partial charge in [-0.2, -0.15) is 5.10 Å². The quantitative estimate of drug-likeness (QED) is 0.274. The number of aryl methyl sites for hydroxylation is 1. The van der Waals surface area contributed by atoms with E-state index in [4.69, 9.17) is 10.5 Å². The van der Waals surface area contributed by atoms with Crippen LogP contribution in [0, 0.1) is 22.9 Å². The number of non-ortho nitro benzene ring substituents is 1. The molecule has 0 bridgehead atoms. The number of nitrogen functional groups attached to an aromatic ring is 1. The lowest BCUT2D eigenvalue weighted by Crippen LogP contribution is -2.22. The fourth-order valence-corrected chi connectivity index (χ4v) is 2.59. The zero-order valence-corrected chi connectivity index (χ0v) is 15.7. The van der Waals surface area contributed by atoms with E-state index in [0.717, 1.165) is 12.1 Å². The first-order valence-electron chi connectivity index (χ1n) is 8.58. The van der Waals surface area contributed by atoms with Gasteiger partial charge in [0.2, 0.25) is 0 Å². The van der Waals surface area contributed by atoms with Crippen LogP contribution < -0.4 is 11.1 Å². The second-order valence-electron chi connectivity index (χ2n) is 6.21. The van der Waals surface area contributed by atoms with Crippen LogP contribution in [0.25, 0.3) is 5.69 Å². The van der Waals surface area contributed by atoms with Gasteiger partial charge in [-0.15, -0.1) is 0 Å². The summed E-state index contributed by atoms with van der Waals surface area (Å²) in [5, 5.41) is 17.6. The number of esters is 1. The molecule has 3 rings (SSSR count). The third-order valence-corrected chi connectivity index (χ3v) is 3.97. The number of carbonyl (C=O) groups excluding carboxylic acids is 2. The predicted octanol–water partition coefficient (Wildman–Crippen LogP) is 2.61. The SMILES string of the molecule is Cc1cc(NC(=O)COC(=O)c2cc([N+](=O)[O-])ccc2N)n(-c2ccc(F)cc2)n1. The van der Waals surface area contributed by atoms with Gasteiger partial charge in [-0.25, -0.2) is 13.9 Å². The number of hydrogen-bond acceptors (Lipinski definition) is 7. The topological polar surface area (TPSA) is 142 Å². The maximum absolute atomic E-state index is 13.1. The van der Waals surface area contributed by atoms with E-state index >= 15 is 0 Å². The van der Waals surface area contributed by atoms with Crippen LogP contribution in [0.5, 0.6) is 0 Å². The highest BCUT2D eigenvalue weighted by molar-refractivity contribution is 5.98. The minimum atomic E-state index is -0.977. The molecule has 1 aromatic heterocycles. The van der Waals surface area contributed by atoms with Crippen LogP contribution >= 0.6 is 0 Å². The Morgan fingerprint density at radius 1 is 1.23 bits per heavy atom. The average Bonchev–Trinajstić information content (AvgIpc) is 3.06. The van der Waals surface area contributed by atoms with Crippen molar-refractivity contribution in [2.24, 2.45) is 0 Å². The third-order valence-electron chi connectivity index (χ3n) is 3.97. The molecule has 0 aliphatic rings. The molecule has 1 amide bonds. The number of nitrogens with zero attached hydrogens (tertiary/aromatic N) is 3. The molecule has 30 heavy (non-hydrogen) atoms. The molecule has 3 aromatic rings. The third kappa shape index (κ3) is 4.58. The zero-order valence-electron chi connectivity index (χ0n) is 15.7. The van der Waals surface area contributed by atoms with E-state index in [0.29, 0.717) is 11.4 Å². The maximum atomic E-state index is 13.1. The molecule has 1 heterocycles. The minimum absolute atomic E-state index is 0.0176. The van der Waals surface area contributed by atoms with Crippen molar-refractivity contribution in [2.45, 2.75) is 6.92 Å². The number of anilines is 2. The summed E-state index contributed by atoms with van der Waals surface area (Å²) in [6.07, 6.45) is 0. The summed E-state index contributed by atoms with van der Waals surface area (Å²) in [6, 6.07) is 10.4. The van der Waals surface area contributed by atoms with Crippen molar-refractivity contribution >= 4 is 29.1 Å². The van der Waals surface area contributed by atoms with Crippen molar-refractivity contribution in [3.8, 4) is 5.69 Å². The average molecular weight is 413 g/mol. The van der Waals surface area contributed by atoms with Crippen LogP contribution in [0.1, 0.15) is 16.1 Å². The Hall–Kier alpha value is -4.28. The summed E-state index contributed by atoms with van der Waals surface area (Å²) in [4.78, 5) is 34.6. The van der Waals surface area contributed by atoms with Crippen molar-refractivity contribution in [3.63, 3.8) is 0 Å². The summed E-state index contributed by atoms with van der Waals surface area (Å²) in [5.41, 5.74) is 6.19. The molecule has 0 unspecified atom stereocenters. The van der Waals surface area contributed by atoms with E-state index in [9.17, 15) is 24.1 Å². The normalized spacial score (nSPS) is 10.5. The number of amides is 1. The number of nitrogens with one attached hydrogen (secondary N) is 1. The zero-order chi connectivity index (χ0) is 21.8. The Balaban J connectivity index is 1.69. The first kappa shape index (κ1) is 20.5. The highest BCUT2D eigenvalue weighted by atomic mass is 19.1. The minimum Gasteiger partial charge on any atom is -0.452 e. The highest BCUT2D eigenvalue weighted by Crippen LogP contribution is 2.21. The van der Waals surface area contributed by atoms with Crippen molar-refractivity contribution in [1.82, 2.24) is 9.78 Å². The van der Waals surface area contributed by atoms with E-state index in [2.05, 4.69) is 10.4 Å². The number of nitro groups is 1. The summed E-state index contributed by atoms with van der Waals surface area (Å²) in [6.45, 7) is 1.05. The van der Waals surface area contributed by atoms with E-state index in [1.807, 2.05) is 0 Å². The fourth-order valence-electron chi connectivity index (χ4n) is 2.59. The van der Waals surface area contributed by atoms with Crippen molar-refractivity contribution < 1.29 is 23.6 Å². The van der Waals surface area contributed by atoms with Crippen LogP contribution in [0.15, 0.2) is 48.5 Å². The molecule has 11 heteroatoms.